The van der Waals surface area contributed by atoms with Gasteiger partial charge >= 0.3 is 0 Å². The van der Waals surface area contributed by atoms with Crippen LogP contribution in [-0.2, 0) is 34.9 Å². The van der Waals surface area contributed by atoms with Crippen molar-refractivity contribution in [3.63, 3.8) is 0 Å². The standard InChI is InChI=1S/C14H12N2O2.C14H22O2.O.V/c17-13-9-5-4-8-12(13)10-15-16-14(18)11-6-2-1-3-7-11;1-13(2,3)9-7-10(14(4,5)6)12(16)11(15)8-9;;/h1-10,17H,(H,16,18);7-8,15-16H,1-6H3;;/q;;-2;/p-3/b15-10+;;;. The second-order valence-corrected chi connectivity index (χ2v) is 9.93. The maximum Gasteiger partial charge on any atom is 0.108 e. The Kier molecular flexibility index (Phi) is 12.5. The van der Waals surface area contributed by atoms with Gasteiger partial charge in [-0.25, -0.2) is 0 Å². The van der Waals surface area contributed by atoms with Gasteiger partial charge in [-0.15, -0.1) is 0 Å². The predicted octanol–water partition coefficient (Wildman–Crippen LogP) is 3.84. The van der Waals surface area contributed by atoms with E-state index in [2.05, 4.69) is 31.0 Å². The van der Waals surface area contributed by atoms with E-state index in [-0.39, 0.29) is 52.1 Å². The molecular formula is C28H31N2O5V-5. The van der Waals surface area contributed by atoms with Gasteiger partial charge in [0.05, 0.1) is 6.21 Å². The summed E-state index contributed by atoms with van der Waals surface area (Å²) in [6.45, 7) is 12.1. The summed E-state index contributed by atoms with van der Waals surface area (Å²) in [5.74, 6) is -0.975. The number of hydrogen-bond acceptors (Lipinski definition) is 6. The summed E-state index contributed by atoms with van der Waals surface area (Å²) in [4.78, 5) is 0. The maximum atomic E-state index is 11.8. The van der Waals surface area contributed by atoms with Crippen LogP contribution in [0.15, 0.2) is 76.9 Å². The molecule has 3 aromatic carbocycles. The van der Waals surface area contributed by atoms with E-state index < -0.39 is 5.90 Å². The number of hydrogen-bond donors (Lipinski definition) is 1. The molecule has 0 spiro atoms. The van der Waals surface area contributed by atoms with E-state index in [0.29, 0.717) is 16.7 Å². The van der Waals surface area contributed by atoms with Crippen LogP contribution in [0.3, 0.4) is 0 Å². The fourth-order valence-corrected chi connectivity index (χ4v) is 2.97. The van der Waals surface area contributed by atoms with Gasteiger partial charge in [0.25, 0.3) is 0 Å². The molecule has 1 radical (unpaired) electrons. The second-order valence-electron chi connectivity index (χ2n) is 9.93. The molecule has 0 bridgehead atoms. The Morgan fingerprint density at radius 3 is 1.92 bits per heavy atom. The normalized spacial score (nSPS) is 11.7. The van der Waals surface area contributed by atoms with Gasteiger partial charge in [-0.2, -0.15) is 10.2 Å². The molecule has 8 heteroatoms. The molecule has 3 aromatic rings. The van der Waals surface area contributed by atoms with Crippen molar-refractivity contribution in [3.05, 3.63) is 89.0 Å². The fourth-order valence-electron chi connectivity index (χ4n) is 2.97. The first kappa shape index (κ1) is 32.7. The van der Waals surface area contributed by atoms with Crippen molar-refractivity contribution in [2.75, 3.05) is 0 Å². The molecule has 0 aromatic heterocycles. The van der Waals surface area contributed by atoms with Gasteiger partial charge in [0, 0.05) is 24.5 Å². The van der Waals surface area contributed by atoms with Crippen molar-refractivity contribution >= 4 is 12.1 Å². The largest absolute Gasteiger partial charge is 2.00 e. The Morgan fingerprint density at radius 1 is 0.833 bits per heavy atom. The van der Waals surface area contributed by atoms with Gasteiger partial charge in [-0.05, 0) is 39.2 Å². The first-order valence-electron chi connectivity index (χ1n) is 10.9. The topological polar surface area (TPSA) is 143 Å². The van der Waals surface area contributed by atoms with Crippen molar-refractivity contribution in [2.24, 2.45) is 10.2 Å². The number of rotatable bonds is 3. The molecule has 0 aliphatic rings. The van der Waals surface area contributed by atoms with E-state index in [1.165, 1.54) is 12.3 Å². The Bertz CT molecular complexity index is 1160. The summed E-state index contributed by atoms with van der Waals surface area (Å²) >= 11 is 0. The minimum atomic E-state index is -0.435. The molecule has 193 valence electrons. The van der Waals surface area contributed by atoms with Crippen molar-refractivity contribution in [1.82, 2.24) is 0 Å². The van der Waals surface area contributed by atoms with Crippen LogP contribution >= 0.6 is 0 Å². The van der Waals surface area contributed by atoms with Crippen LogP contribution in [0.25, 0.3) is 0 Å². The molecular weight excluding hydrogens is 495 g/mol. The van der Waals surface area contributed by atoms with Gasteiger partial charge < -0.3 is 25.9 Å². The first-order chi connectivity index (χ1) is 15.8. The zero-order chi connectivity index (χ0) is 25.5. The molecule has 36 heavy (non-hydrogen) atoms. The smallest absolute Gasteiger partial charge is 0.108 e. The zero-order valence-corrected chi connectivity index (χ0v) is 22.7. The summed E-state index contributed by atoms with van der Waals surface area (Å²) in [6, 6.07) is 18.5. The van der Waals surface area contributed by atoms with Crippen LogP contribution in [-0.4, -0.2) is 17.2 Å². The third-order valence-corrected chi connectivity index (χ3v) is 5.03. The zero-order valence-electron chi connectivity index (χ0n) is 21.4. The summed E-state index contributed by atoms with van der Waals surface area (Å²) in [6.07, 6.45) is 1.28. The van der Waals surface area contributed by atoms with Crippen LogP contribution in [0, 0.1) is 0 Å². The van der Waals surface area contributed by atoms with Crippen LogP contribution in [0.5, 0.6) is 17.2 Å². The van der Waals surface area contributed by atoms with Crippen LogP contribution < -0.4 is 15.3 Å². The molecule has 0 saturated heterocycles. The molecule has 0 unspecified atom stereocenters. The Morgan fingerprint density at radius 2 is 1.39 bits per heavy atom. The summed E-state index contributed by atoms with van der Waals surface area (Å²) in [5, 5.41) is 51.6. The number of aromatic hydroxyl groups is 1. The second kappa shape index (κ2) is 13.7. The third kappa shape index (κ3) is 9.42. The van der Waals surface area contributed by atoms with Crippen LogP contribution in [0.1, 0.15) is 63.8 Å². The molecule has 0 saturated carbocycles. The van der Waals surface area contributed by atoms with E-state index in [9.17, 15) is 20.4 Å². The Hall–Kier alpha value is -3.26. The number of para-hydroxylation sites is 1. The van der Waals surface area contributed by atoms with E-state index in [4.69, 9.17) is 0 Å². The van der Waals surface area contributed by atoms with Gasteiger partial charge in [0.15, 0.2) is 0 Å². The van der Waals surface area contributed by atoms with Gasteiger partial charge in [-0.3, -0.25) is 0 Å². The SMILES string of the molecule is CC(C)(C)c1cc(O)c([O-])c(C(C)(C)C)c1.[O-2].[O-]/C(=N\N=C\c1ccccc1[O-])c1ccccc1.[V]. The Balaban J connectivity index is 0.000000649. The summed E-state index contributed by atoms with van der Waals surface area (Å²) < 4.78 is 0. The van der Waals surface area contributed by atoms with Crippen molar-refractivity contribution in [2.45, 2.75) is 52.4 Å². The molecule has 0 amide bonds. The number of benzene rings is 3. The average molecular weight is 527 g/mol. The van der Waals surface area contributed by atoms with Crippen molar-refractivity contribution in [1.29, 1.82) is 0 Å². The molecule has 1 N–H and O–H groups in total. The quantitative estimate of drug-likeness (QED) is 0.314. The van der Waals surface area contributed by atoms with E-state index in [1.807, 2.05) is 32.9 Å². The first-order valence-corrected chi connectivity index (χ1v) is 10.9. The van der Waals surface area contributed by atoms with Crippen LogP contribution in [0.2, 0.25) is 0 Å². The molecule has 0 heterocycles. The molecule has 0 aliphatic carbocycles. The van der Waals surface area contributed by atoms with Crippen molar-refractivity contribution < 1.29 is 44.5 Å². The monoisotopic (exact) mass is 526 g/mol. The minimum absolute atomic E-state index is 0. The average Bonchev–Trinajstić information content (AvgIpc) is 2.76. The van der Waals surface area contributed by atoms with Crippen LogP contribution in [0.4, 0.5) is 0 Å². The number of phenolic OH excluding ortho intramolecular Hbond substituents is 1. The minimum Gasteiger partial charge on any atom is -2.00 e. The molecule has 0 fully saturated rings. The third-order valence-electron chi connectivity index (χ3n) is 5.03. The molecule has 3 rings (SSSR count). The number of nitrogens with zero attached hydrogens (tertiary/aromatic N) is 2. The van der Waals surface area contributed by atoms with E-state index >= 15 is 0 Å². The van der Waals surface area contributed by atoms with E-state index in [0.717, 1.165) is 5.56 Å². The Labute approximate surface area is 225 Å². The summed E-state index contributed by atoms with van der Waals surface area (Å²) in [7, 11) is 0. The fraction of sp³-hybridized carbons (Fsp3) is 0.286. The maximum absolute atomic E-state index is 11.8. The van der Waals surface area contributed by atoms with Crippen molar-refractivity contribution in [3.8, 4) is 17.2 Å². The van der Waals surface area contributed by atoms with Gasteiger partial charge in [0.1, 0.15) is 5.75 Å². The van der Waals surface area contributed by atoms with Gasteiger partial charge in [0.2, 0.25) is 0 Å². The number of phenols is 1. The molecule has 0 aliphatic heterocycles. The predicted molar refractivity (Wildman–Crippen MR) is 132 cm³/mol. The van der Waals surface area contributed by atoms with E-state index in [1.54, 1.807) is 48.5 Å². The van der Waals surface area contributed by atoms with Gasteiger partial charge in [-0.1, -0.05) is 114 Å². The molecule has 7 nitrogen and oxygen atoms in total. The summed E-state index contributed by atoms with van der Waals surface area (Å²) in [5.41, 5.74) is 2.24. The molecule has 0 atom stereocenters.